The maximum Gasteiger partial charge on any atom is 0.416 e. The molecule has 0 spiro atoms. The van der Waals surface area contributed by atoms with E-state index in [0.29, 0.717) is 12.5 Å². The molecular weight excluding hydrogens is 494 g/mol. The second-order valence-corrected chi connectivity index (χ2v) is 6.37. The number of guanidine groups is 1. The Morgan fingerprint density at radius 1 is 1.07 bits per heavy atom. The fourth-order valence-electron chi connectivity index (χ4n) is 2.67. The molecule has 0 radical (unpaired) electrons. The minimum atomic E-state index is -4.31. The molecule has 0 aliphatic rings. The van der Waals surface area contributed by atoms with Gasteiger partial charge in [0.25, 0.3) is 0 Å². The van der Waals surface area contributed by atoms with Crippen molar-refractivity contribution in [2.24, 2.45) is 4.99 Å². The van der Waals surface area contributed by atoms with Crippen molar-refractivity contribution in [1.29, 1.82) is 0 Å². The quantitative estimate of drug-likeness (QED) is 0.231. The summed E-state index contributed by atoms with van der Waals surface area (Å²) in [7, 11) is 3.55. The molecule has 0 aliphatic carbocycles. The summed E-state index contributed by atoms with van der Waals surface area (Å²) in [5.74, 6) is 1.57. The number of benzene rings is 1. The van der Waals surface area contributed by atoms with Crippen LogP contribution < -0.4 is 10.6 Å². The maximum absolute atomic E-state index is 12.6. The number of pyridine rings is 1. The van der Waals surface area contributed by atoms with Gasteiger partial charge in [-0.05, 0) is 42.7 Å². The summed E-state index contributed by atoms with van der Waals surface area (Å²) in [4.78, 5) is 10.3. The summed E-state index contributed by atoms with van der Waals surface area (Å²) >= 11 is 0. The molecule has 0 saturated carbocycles. The van der Waals surface area contributed by atoms with Gasteiger partial charge in [-0.15, -0.1) is 24.0 Å². The van der Waals surface area contributed by atoms with E-state index in [-0.39, 0.29) is 24.0 Å². The zero-order chi connectivity index (χ0) is 20.4. The first-order valence-corrected chi connectivity index (χ1v) is 9.13. The molecule has 1 aromatic heterocycles. The normalized spacial score (nSPS) is 11.6. The van der Waals surface area contributed by atoms with Crippen LogP contribution in [0.3, 0.4) is 0 Å². The summed E-state index contributed by atoms with van der Waals surface area (Å²) in [6.07, 6.45) is -0.635. The zero-order valence-electron chi connectivity index (χ0n) is 16.5. The van der Waals surface area contributed by atoms with E-state index in [2.05, 4.69) is 20.6 Å². The second kappa shape index (κ2) is 12.5. The Balaban J connectivity index is 0.00000420. The number of nitrogens with zero attached hydrogens (tertiary/aromatic N) is 3. The molecule has 0 unspecified atom stereocenters. The lowest BCUT2D eigenvalue weighted by Gasteiger charge is -2.22. The summed E-state index contributed by atoms with van der Waals surface area (Å²) in [5.41, 5.74) is 0.152. The Bertz CT molecular complexity index is 736. The van der Waals surface area contributed by atoms with Gasteiger partial charge >= 0.3 is 6.18 Å². The minimum Gasteiger partial charge on any atom is -0.370 e. The lowest BCUT2D eigenvalue weighted by Crippen LogP contribution is -2.39. The van der Waals surface area contributed by atoms with Crippen molar-refractivity contribution in [2.45, 2.75) is 25.6 Å². The molecule has 0 atom stereocenters. The monoisotopic (exact) mass is 521 g/mol. The summed E-state index contributed by atoms with van der Waals surface area (Å²) in [5, 5.41) is 6.53. The standard InChI is InChI=1S/C20H26F3N5.HI/c1-24-19(27-14-6-5-13-26-18-7-3-4-12-25-18)28(2)15-16-8-10-17(11-9-16)20(21,22)23;/h3-4,7-12H,5-6,13-15H2,1-2H3,(H,24,27)(H,25,26);1H. The maximum atomic E-state index is 12.6. The van der Waals surface area contributed by atoms with Crippen molar-refractivity contribution in [3.8, 4) is 0 Å². The number of rotatable bonds is 8. The number of halogens is 4. The van der Waals surface area contributed by atoms with Crippen molar-refractivity contribution >= 4 is 35.8 Å². The first-order chi connectivity index (χ1) is 13.4. The van der Waals surface area contributed by atoms with Gasteiger partial charge in [0.2, 0.25) is 0 Å². The molecule has 2 N–H and O–H groups in total. The highest BCUT2D eigenvalue weighted by Gasteiger charge is 2.29. The van der Waals surface area contributed by atoms with Gasteiger partial charge in [-0.1, -0.05) is 18.2 Å². The molecular formula is C20H27F3IN5. The molecule has 29 heavy (non-hydrogen) atoms. The van der Waals surface area contributed by atoms with Gasteiger partial charge in [0, 0.05) is 39.9 Å². The third kappa shape index (κ3) is 8.88. The fraction of sp³-hybridized carbons (Fsp3) is 0.400. The number of aromatic nitrogens is 1. The molecule has 0 aliphatic heterocycles. The number of anilines is 1. The SMILES string of the molecule is CN=C(NCCCCNc1ccccn1)N(C)Cc1ccc(C(F)(F)F)cc1.I. The largest absolute Gasteiger partial charge is 0.416 e. The Morgan fingerprint density at radius 3 is 2.34 bits per heavy atom. The summed E-state index contributed by atoms with van der Waals surface area (Å²) in [6.45, 7) is 2.06. The van der Waals surface area contributed by atoms with Gasteiger partial charge in [0.05, 0.1) is 5.56 Å². The summed E-state index contributed by atoms with van der Waals surface area (Å²) in [6, 6.07) is 10.9. The number of hydrogen-bond donors (Lipinski definition) is 2. The molecule has 0 amide bonds. The third-order valence-corrected chi connectivity index (χ3v) is 4.13. The smallest absolute Gasteiger partial charge is 0.370 e. The van der Waals surface area contributed by atoms with Crippen LogP contribution in [0.2, 0.25) is 0 Å². The zero-order valence-corrected chi connectivity index (χ0v) is 18.9. The molecule has 5 nitrogen and oxygen atoms in total. The highest BCUT2D eigenvalue weighted by atomic mass is 127. The Hall–Kier alpha value is -2.04. The number of hydrogen-bond acceptors (Lipinski definition) is 3. The Morgan fingerprint density at radius 2 is 1.76 bits per heavy atom. The molecule has 0 fully saturated rings. The topological polar surface area (TPSA) is 52.6 Å². The predicted molar refractivity (Wildman–Crippen MR) is 122 cm³/mol. The number of nitrogens with one attached hydrogen (secondary N) is 2. The van der Waals surface area contributed by atoms with Crippen molar-refractivity contribution in [2.75, 3.05) is 32.5 Å². The molecule has 0 saturated heterocycles. The van der Waals surface area contributed by atoms with Crippen LogP contribution in [-0.2, 0) is 12.7 Å². The predicted octanol–water partition coefficient (Wildman–Crippen LogP) is 4.62. The minimum absolute atomic E-state index is 0. The van der Waals surface area contributed by atoms with E-state index in [9.17, 15) is 13.2 Å². The Kier molecular flexibility index (Phi) is 10.8. The van der Waals surface area contributed by atoms with Crippen LogP contribution in [0, 0.1) is 0 Å². The van der Waals surface area contributed by atoms with Gasteiger partial charge < -0.3 is 15.5 Å². The molecule has 1 heterocycles. The Labute approximate surface area is 186 Å². The molecule has 2 rings (SSSR count). The third-order valence-electron chi connectivity index (χ3n) is 4.13. The molecule has 2 aromatic rings. The average molecular weight is 521 g/mol. The van der Waals surface area contributed by atoms with Crippen LogP contribution in [0.5, 0.6) is 0 Å². The number of alkyl halides is 3. The molecule has 160 valence electrons. The van der Waals surface area contributed by atoms with E-state index in [0.717, 1.165) is 49.4 Å². The molecule has 0 bridgehead atoms. The van der Waals surface area contributed by atoms with E-state index in [1.54, 1.807) is 13.2 Å². The van der Waals surface area contributed by atoms with Crippen molar-refractivity contribution in [3.05, 3.63) is 59.8 Å². The van der Waals surface area contributed by atoms with Gasteiger partial charge in [0.15, 0.2) is 5.96 Å². The van der Waals surface area contributed by atoms with Crippen LogP contribution in [-0.4, -0.2) is 43.0 Å². The van der Waals surface area contributed by atoms with E-state index in [4.69, 9.17) is 0 Å². The second-order valence-electron chi connectivity index (χ2n) is 6.37. The lowest BCUT2D eigenvalue weighted by molar-refractivity contribution is -0.137. The molecule has 1 aromatic carbocycles. The van der Waals surface area contributed by atoms with Crippen LogP contribution in [0.25, 0.3) is 0 Å². The van der Waals surface area contributed by atoms with Gasteiger partial charge in [-0.2, -0.15) is 13.2 Å². The van der Waals surface area contributed by atoms with Crippen molar-refractivity contribution < 1.29 is 13.2 Å². The number of aliphatic imine (C=N–C) groups is 1. The average Bonchev–Trinajstić information content (AvgIpc) is 2.68. The fourth-order valence-corrected chi connectivity index (χ4v) is 2.67. The number of unbranched alkanes of at least 4 members (excludes halogenated alkanes) is 1. The van der Waals surface area contributed by atoms with Crippen LogP contribution >= 0.6 is 24.0 Å². The van der Waals surface area contributed by atoms with E-state index < -0.39 is 11.7 Å². The van der Waals surface area contributed by atoms with Gasteiger partial charge in [0.1, 0.15) is 5.82 Å². The highest BCUT2D eigenvalue weighted by Crippen LogP contribution is 2.29. The lowest BCUT2D eigenvalue weighted by atomic mass is 10.1. The summed E-state index contributed by atoms with van der Waals surface area (Å²) < 4.78 is 37.9. The van der Waals surface area contributed by atoms with E-state index in [1.165, 1.54) is 12.1 Å². The van der Waals surface area contributed by atoms with Gasteiger partial charge in [-0.3, -0.25) is 4.99 Å². The van der Waals surface area contributed by atoms with Crippen molar-refractivity contribution in [1.82, 2.24) is 15.2 Å². The van der Waals surface area contributed by atoms with E-state index in [1.807, 2.05) is 30.1 Å². The van der Waals surface area contributed by atoms with Gasteiger partial charge in [-0.25, -0.2) is 4.98 Å². The first kappa shape index (κ1) is 25.0. The highest BCUT2D eigenvalue weighted by molar-refractivity contribution is 14.0. The van der Waals surface area contributed by atoms with Crippen LogP contribution in [0.15, 0.2) is 53.7 Å². The van der Waals surface area contributed by atoms with Crippen LogP contribution in [0.1, 0.15) is 24.0 Å². The van der Waals surface area contributed by atoms with E-state index >= 15 is 0 Å². The molecule has 9 heteroatoms. The van der Waals surface area contributed by atoms with Crippen molar-refractivity contribution in [3.63, 3.8) is 0 Å². The first-order valence-electron chi connectivity index (χ1n) is 9.13. The van der Waals surface area contributed by atoms with Crippen LogP contribution in [0.4, 0.5) is 19.0 Å².